The van der Waals surface area contributed by atoms with Gasteiger partial charge in [0.2, 0.25) is 0 Å². The molecule has 1 aliphatic rings. The van der Waals surface area contributed by atoms with Crippen molar-refractivity contribution in [1.29, 1.82) is 0 Å². The second-order valence-electron chi connectivity index (χ2n) is 4.47. The number of halogens is 1. The fraction of sp³-hybridized carbons (Fsp3) is 0.385. The third kappa shape index (κ3) is 2.96. The Bertz CT molecular complexity index is 535. The summed E-state index contributed by atoms with van der Waals surface area (Å²) in [5.74, 6) is -0.535. The van der Waals surface area contributed by atoms with Gasteiger partial charge in [-0.05, 0) is 25.0 Å². The average Bonchev–Trinajstić information content (AvgIpc) is 2.90. The van der Waals surface area contributed by atoms with E-state index < -0.39 is 18.0 Å². The van der Waals surface area contributed by atoms with Gasteiger partial charge in [0.15, 0.2) is 0 Å². The van der Waals surface area contributed by atoms with Crippen molar-refractivity contribution >= 4 is 29.3 Å². The van der Waals surface area contributed by atoms with Gasteiger partial charge in [0.05, 0.1) is 12.1 Å². The third-order valence-corrected chi connectivity index (χ3v) is 3.51. The Morgan fingerprint density at radius 3 is 2.90 bits per heavy atom. The second-order valence-corrected chi connectivity index (χ2v) is 4.88. The Morgan fingerprint density at radius 1 is 1.50 bits per heavy atom. The minimum Gasteiger partial charge on any atom is -0.495 e. The van der Waals surface area contributed by atoms with Crippen LogP contribution in [0.3, 0.4) is 0 Å². The molecule has 1 fully saturated rings. The summed E-state index contributed by atoms with van der Waals surface area (Å²) in [6.45, 7) is 0.438. The summed E-state index contributed by atoms with van der Waals surface area (Å²) in [7, 11) is 1.48. The normalized spacial score (nSPS) is 17.9. The van der Waals surface area contributed by atoms with Crippen LogP contribution in [-0.2, 0) is 4.79 Å². The first kappa shape index (κ1) is 14.5. The van der Waals surface area contributed by atoms with Gasteiger partial charge in [-0.15, -0.1) is 0 Å². The number of nitrogens with one attached hydrogen (secondary N) is 1. The van der Waals surface area contributed by atoms with Gasteiger partial charge in [-0.3, -0.25) is 0 Å². The minimum atomic E-state index is -0.980. The molecule has 0 spiro atoms. The van der Waals surface area contributed by atoms with Crippen molar-refractivity contribution in [3.63, 3.8) is 0 Å². The predicted octanol–water partition coefficient (Wildman–Crippen LogP) is 2.43. The molecule has 20 heavy (non-hydrogen) atoms. The van der Waals surface area contributed by atoms with Crippen LogP contribution in [0, 0.1) is 0 Å². The number of carboxylic acid groups (broad SMARTS) is 1. The molecule has 1 atom stereocenters. The number of hydrogen-bond donors (Lipinski definition) is 2. The average molecular weight is 299 g/mol. The van der Waals surface area contributed by atoms with Gasteiger partial charge >= 0.3 is 12.0 Å². The molecule has 1 saturated heterocycles. The van der Waals surface area contributed by atoms with Gasteiger partial charge in [-0.1, -0.05) is 11.6 Å². The lowest BCUT2D eigenvalue weighted by molar-refractivity contribution is -0.141. The lowest BCUT2D eigenvalue weighted by Gasteiger charge is -2.22. The van der Waals surface area contributed by atoms with Crippen molar-refractivity contribution in [3.05, 3.63) is 23.2 Å². The van der Waals surface area contributed by atoms with E-state index in [2.05, 4.69) is 5.32 Å². The van der Waals surface area contributed by atoms with E-state index in [1.54, 1.807) is 18.2 Å². The van der Waals surface area contributed by atoms with Gasteiger partial charge < -0.3 is 20.1 Å². The van der Waals surface area contributed by atoms with Gasteiger partial charge in [0, 0.05) is 18.3 Å². The Kier molecular flexibility index (Phi) is 4.34. The lowest BCUT2D eigenvalue weighted by Crippen LogP contribution is -2.42. The number of benzene rings is 1. The molecule has 1 heterocycles. The Balaban J connectivity index is 2.09. The SMILES string of the molecule is COc1cc(NC(=O)N2CCC[C@@H]2C(=O)O)ccc1Cl. The summed E-state index contributed by atoms with van der Waals surface area (Å²) in [5, 5.41) is 12.2. The van der Waals surface area contributed by atoms with E-state index in [-0.39, 0.29) is 0 Å². The second kappa shape index (κ2) is 6.00. The number of ether oxygens (including phenoxy) is 1. The Hall–Kier alpha value is -1.95. The number of hydrogen-bond acceptors (Lipinski definition) is 3. The lowest BCUT2D eigenvalue weighted by atomic mass is 10.2. The van der Waals surface area contributed by atoms with Crippen molar-refractivity contribution < 1.29 is 19.4 Å². The van der Waals surface area contributed by atoms with E-state index in [4.69, 9.17) is 21.4 Å². The number of aliphatic carboxylic acids is 1. The van der Waals surface area contributed by atoms with Crippen LogP contribution < -0.4 is 10.1 Å². The molecule has 1 aromatic rings. The van der Waals surface area contributed by atoms with E-state index in [0.29, 0.717) is 35.8 Å². The first-order chi connectivity index (χ1) is 9.52. The Morgan fingerprint density at radius 2 is 2.25 bits per heavy atom. The van der Waals surface area contributed by atoms with Crippen LogP contribution in [-0.4, -0.2) is 41.7 Å². The smallest absolute Gasteiger partial charge is 0.326 e. The summed E-state index contributed by atoms with van der Waals surface area (Å²) >= 11 is 5.90. The largest absolute Gasteiger partial charge is 0.495 e. The maximum absolute atomic E-state index is 12.1. The highest BCUT2D eigenvalue weighted by molar-refractivity contribution is 6.32. The number of methoxy groups -OCH3 is 1. The molecule has 2 amide bonds. The molecule has 1 aromatic carbocycles. The molecule has 0 aliphatic carbocycles. The number of amides is 2. The number of nitrogens with zero attached hydrogens (tertiary/aromatic N) is 1. The monoisotopic (exact) mass is 298 g/mol. The molecule has 1 aliphatic heterocycles. The molecule has 2 rings (SSSR count). The summed E-state index contributed by atoms with van der Waals surface area (Å²) in [4.78, 5) is 24.5. The van der Waals surface area contributed by atoms with E-state index in [0.717, 1.165) is 0 Å². The zero-order chi connectivity index (χ0) is 14.7. The van der Waals surface area contributed by atoms with Crippen LogP contribution in [0.4, 0.5) is 10.5 Å². The summed E-state index contributed by atoms with van der Waals surface area (Å²) in [5.41, 5.74) is 0.507. The molecule has 0 aromatic heterocycles. The highest BCUT2D eigenvalue weighted by atomic mass is 35.5. The minimum absolute atomic E-state index is 0.431. The summed E-state index contributed by atoms with van der Waals surface area (Å²) in [6.07, 6.45) is 1.17. The summed E-state index contributed by atoms with van der Waals surface area (Å²) in [6, 6.07) is 3.64. The molecular formula is C13H15ClN2O4. The van der Waals surface area contributed by atoms with E-state index in [9.17, 15) is 9.59 Å². The predicted molar refractivity (Wildman–Crippen MR) is 74.4 cm³/mol. The standard InChI is InChI=1S/C13H15ClN2O4/c1-20-11-7-8(4-5-9(11)14)15-13(19)16-6-2-3-10(16)12(17)18/h4-5,7,10H,2-3,6H2,1H3,(H,15,19)(H,17,18)/t10-/m1/s1. The maximum Gasteiger partial charge on any atom is 0.326 e. The van der Waals surface area contributed by atoms with Gasteiger partial charge in [-0.2, -0.15) is 0 Å². The fourth-order valence-electron chi connectivity index (χ4n) is 2.20. The molecule has 2 N–H and O–H groups in total. The van der Waals surface area contributed by atoms with Crippen molar-refractivity contribution in [2.45, 2.75) is 18.9 Å². The van der Waals surface area contributed by atoms with Gasteiger partial charge in [0.1, 0.15) is 11.8 Å². The van der Waals surface area contributed by atoms with E-state index in [1.807, 2.05) is 0 Å². The van der Waals surface area contributed by atoms with Crippen LogP contribution in [0.5, 0.6) is 5.75 Å². The number of anilines is 1. The topological polar surface area (TPSA) is 78.9 Å². The van der Waals surface area contributed by atoms with Crippen molar-refractivity contribution in [2.24, 2.45) is 0 Å². The van der Waals surface area contributed by atoms with Crippen molar-refractivity contribution in [3.8, 4) is 5.75 Å². The maximum atomic E-state index is 12.1. The number of rotatable bonds is 3. The van der Waals surface area contributed by atoms with Crippen molar-refractivity contribution in [1.82, 2.24) is 4.90 Å². The number of urea groups is 1. The molecule has 108 valence electrons. The van der Waals surface area contributed by atoms with Crippen molar-refractivity contribution in [2.75, 3.05) is 19.0 Å². The molecule has 0 radical (unpaired) electrons. The van der Waals surface area contributed by atoms with Crippen LogP contribution >= 0.6 is 11.6 Å². The van der Waals surface area contributed by atoms with Crippen LogP contribution in [0.2, 0.25) is 5.02 Å². The molecule has 0 bridgehead atoms. The molecule has 7 heteroatoms. The molecule has 0 unspecified atom stereocenters. The van der Waals surface area contributed by atoms with Gasteiger partial charge in [-0.25, -0.2) is 9.59 Å². The first-order valence-corrected chi connectivity index (χ1v) is 6.54. The van der Waals surface area contributed by atoms with Gasteiger partial charge in [0.25, 0.3) is 0 Å². The number of carbonyl (C=O) groups excluding carboxylic acids is 1. The van der Waals surface area contributed by atoms with Crippen LogP contribution in [0.15, 0.2) is 18.2 Å². The number of likely N-dealkylation sites (tertiary alicyclic amines) is 1. The zero-order valence-corrected chi connectivity index (χ0v) is 11.7. The Labute approximate surface area is 121 Å². The molecular weight excluding hydrogens is 284 g/mol. The van der Waals surface area contributed by atoms with E-state index in [1.165, 1.54) is 12.0 Å². The zero-order valence-electron chi connectivity index (χ0n) is 10.9. The van der Waals surface area contributed by atoms with Crippen LogP contribution in [0.25, 0.3) is 0 Å². The fourth-order valence-corrected chi connectivity index (χ4v) is 2.39. The number of carboxylic acids is 1. The quantitative estimate of drug-likeness (QED) is 0.898. The highest BCUT2D eigenvalue weighted by Gasteiger charge is 2.33. The molecule has 0 saturated carbocycles. The number of carbonyl (C=O) groups is 2. The first-order valence-electron chi connectivity index (χ1n) is 6.17. The van der Waals surface area contributed by atoms with E-state index >= 15 is 0 Å². The molecule has 6 nitrogen and oxygen atoms in total. The summed E-state index contributed by atoms with van der Waals surface area (Å²) < 4.78 is 5.06. The third-order valence-electron chi connectivity index (χ3n) is 3.20. The highest BCUT2D eigenvalue weighted by Crippen LogP contribution is 2.28. The van der Waals surface area contributed by atoms with Crippen LogP contribution in [0.1, 0.15) is 12.8 Å².